The second kappa shape index (κ2) is 4.40. The summed E-state index contributed by atoms with van der Waals surface area (Å²) in [5.41, 5.74) is 7.08. The average Bonchev–Trinajstić information content (AvgIpc) is 2.84. The fourth-order valence-corrected chi connectivity index (χ4v) is 4.00. The first-order valence-corrected chi connectivity index (χ1v) is 7.50. The van der Waals surface area contributed by atoms with Gasteiger partial charge in [0.1, 0.15) is 0 Å². The summed E-state index contributed by atoms with van der Waals surface area (Å²) in [6.07, 6.45) is 5.28. The van der Waals surface area contributed by atoms with Gasteiger partial charge in [0, 0.05) is 15.8 Å². The molecule has 0 saturated heterocycles. The van der Waals surface area contributed by atoms with Crippen molar-refractivity contribution in [1.29, 1.82) is 0 Å². The van der Waals surface area contributed by atoms with Crippen LogP contribution in [0.5, 0.6) is 0 Å². The van der Waals surface area contributed by atoms with E-state index >= 15 is 0 Å². The third-order valence-corrected chi connectivity index (χ3v) is 5.76. The van der Waals surface area contributed by atoms with E-state index in [4.69, 9.17) is 5.73 Å². The summed E-state index contributed by atoms with van der Waals surface area (Å²) >= 11 is 1.91. The second-order valence-corrected chi connectivity index (χ2v) is 7.91. The molecular weight excluding hydrogens is 226 g/mol. The summed E-state index contributed by atoms with van der Waals surface area (Å²) < 4.78 is 0. The molecular formula is C15H25NS. The number of hydrogen-bond acceptors (Lipinski definition) is 2. The zero-order chi connectivity index (χ0) is 12.7. The second-order valence-electron chi connectivity index (χ2n) is 6.79. The van der Waals surface area contributed by atoms with Gasteiger partial charge in [0.15, 0.2) is 0 Å². The molecule has 0 aliphatic heterocycles. The van der Waals surface area contributed by atoms with Gasteiger partial charge < -0.3 is 5.73 Å². The van der Waals surface area contributed by atoms with Crippen LogP contribution < -0.4 is 5.73 Å². The molecule has 1 atom stereocenters. The van der Waals surface area contributed by atoms with Crippen molar-refractivity contribution in [2.24, 2.45) is 11.1 Å². The third-order valence-electron chi connectivity index (χ3n) is 4.17. The standard InChI is InChI=1S/C15H25NS/c1-14(2,3)12-8-7-11(17-12)13(16)15(4)9-5-6-10-15/h7-8,13H,5-6,9-10,16H2,1-4H3. The van der Waals surface area contributed by atoms with Crippen LogP contribution >= 0.6 is 11.3 Å². The van der Waals surface area contributed by atoms with Crippen molar-refractivity contribution in [2.45, 2.75) is 64.8 Å². The van der Waals surface area contributed by atoms with Crippen molar-refractivity contribution >= 4 is 11.3 Å². The van der Waals surface area contributed by atoms with Gasteiger partial charge in [-0.1, -0.05) is 40.5 Å². The van der Waals surface area contributed by atoms with Gasteiger partial charge in [-0.3, -0.25) is 0 Å². The maximum atomic E-state index is 6.50. The first-order chi connectivity index (χ1) is 7.83. The lowest BCUT2D eigenvalue weighted by atomic mass is 9.80. The topological polar surface area (TPSA) is 26.0 Å². The largest absolute Gasteiger partial charge is 0.323 e. The van der Waals surface area contributed by atoms with Crippen molar-refractivity contribution < 1.29 is 0 Å². The minimum atomic E-state index is 0.228. The van der Waals surface area contributed by atoms with Gasteiger partial charge in [-0.05, 0) is 35.8 Å². The van der Waals surface area contributed by atoms with E-state index in [1.165, 1.54) is 35.4 Å². The molecule has 2 N–H and O–H groups in total. The minimum absolute atomic E-state index is 0.228. The Balaban J connectivity index is 2.20. The molecule has 0 aromatic carbocycles. The van der Waals surface area contributed by atoms with E-state index in [0.717, 1.165) is 0 Å². The average molecular weight is 251 g/mol. The molecule has 2 heteroatoms. The Kier molecular flexibility index (Phi) is 3.39. The molecule has 1 aliphatic carbocycles. The fourth-order valence-electron chi connectivity index (χ4n) is 2.76. The van der Waals surface area contributed by atoms with Crippen LogP contribution in [0.15, 0.2) is 12.1 Å². The summed E-state index contributed by atoms with van der Waals surface area (Å²) in [7, 11) is 0. The lowest BCUT2D eigenvalue weighted by Crippen LogP contribution is -2.28. The van der Waals surface area contributed by atoms with E-state index in [1.807, 2.05) is 11.3 Å². The predicted molar refractivity (Wildman–Crippen MR) is 76.5 cm³/mol. The van der Waals surface area contributed by atoms with E-state index in [-0.39, 0.29) is 11.5 Å². The zero-order valence-electron chi connectivity index (χ0n) is 11.5. The molecule has 2 rings (SSSR count). The maximum absolute atomic E-state index is 6.50. The van der Waals surface area contributed by atoms with Crippen LogP contribution in [0.4, 0.5) is 0 Å². The van der Waals surface area contributed by atoms with E-state index < -0.39 is 0 Å². The summed E-state index contributed by atoms with van der Waals surface area (Å²) in [5.74, 6) is 0. The molecule has 17 heavy (non-hydrogen) atoms. The molecule has 1 aromatic heterocycles. The van der Waals surface area contributed by atoms with Crippen LogP contribution in [-0.2, 0) is 5.41 Å². The van der Waals surface area contributed by atoms with Crippen molar-refractivity contribution in [3.05, 3.63) is 21.9 Å². The zero-order valence-corrected chi connectivity index (χ0v) is 12.4. The number of hydrogen-bond donors (Lipinski definition) is 1. The smallest absolute Gasteiger partial charge is 0.0444 e. The van der Waals surface area contributed by atoms with Crippen molar-refractivity contribution in [3.63, 3.8) is 0 Å². The Morgan fingerprint density at radius 2 is 1.82 bits per heavy atom. The third kappa shape index (κ3) is 2.58. The number of nitrogens with two attached hydrogens (primary N) is 1. The number of rotatable bonds is 2. The molecule has 1 fully saturated rings. The van der Waals surface area contributed by atoms with Gasteiger partial charge in [-0.2, -0.15) is 0 Å². The van der Waals surface area contributed by atoms with Crippen LogP contribution in [0.25, 0.3) is 0 Å². The Hall–Kier alpha value is -0.340. The van der Waals surface area contributed by atoms with Gasteiger partial charge in [0.2, 0.25) is 0 Å². The fraction of sp³-hybridized carbons (Fsp3) is 0.733. The summed E-state index contributed by atoms with van der Waals surface area (Å²) in [6.45, 7) is 9.17. The molecule has 1 aromatic rings. The van der Waals surface area contributed by atoms with E-state index in [0.29, 0.717) is 5.41 Å². The molecule has 0 radical (unpaired) electrons. The van der Waals surface area contributed by atoms with Crippen LogP contribution in [0, 0.1) is 5.41 Å². The lowest BCUT2D eigenvalue weighted by Gasteiger charge is -2.30. The normalized spacial score (nSPS) is 21.7. The molecule has 0 amide bonds. The quantitative estimate of drug-likeness (QED) is 0.815. The molecule has 1 heterocycles. The van der Waals surface area contributed by atoms with E-state index in [9.17, 15) is 0 Å². The van der Waals surface area contributed by atoms with E-state index in [1.54, 1.807) is 0 Å². The Bertz CT molecular complexity index is 380. The molecule has 0 bridgehead atoms. The van der Waals surface area contributed by atoms with Gasteiger partial charge in [0.05, 0.1) is 0 Å². The van der Waals surface area contributed by atoms with Gasteiger partial charge >= 0.3 is 0 Å². The highest BCUT2D eigenvalue weighted by Crippen LogP contribution is 2.47. The molecule has 1 aliphatic rings. The Morgan fingerprint density at radius 3 is 2.29 bits per heavy atom. The SMILES string of the molecule is CC(C)(C)c1ccc(C(N)C2(C)CCCC2)s1. The molecule has 96 valence electrons. The van der Waals surface area contributed by atoms with Gasteiger partial charge in [-0.25, -0.2) is 0 Å². The first kappa shape index (κ1) is 13.1. The summed E-state index contributed by atoms with van der Waals surface area (Å²) in [4.78, 5) is 2.82. The van der Waals surface area contributed by atoms with Gasteiger partial charge in [0.25, 0.3) is 0 Å². The molecule has 0 spiro atoms. The molecule has 1 nitrogen and oxygen atoms in total. The van der Waals surface area contributed by atoms with Crippen LogP contribution in [0.1, 0.15) is 69.2 Å². The summed E-state index contributed by atoms with van der Waals surface area (Å²) in [6, 6.07) is 4.74. The lowest BCUT2D eigenvalue weighted by molar-refractivity contribution is 0.268. The van der Waals surface area contributed by atoms with Crippen molar-refractivity contribution in [2.75, 3.05) is 0 Å². The first-order valence-electron chi connectivity index (χ1n) is 6.69. The Morgan fingerprint density at radius 1 is 1.24 bits per heavy atom. The highest BCUT2D eigenvalue weighted by Gasteiger charge is 2.36. The summed E-state index contributed by atoms with van der Waals surface area (Å²) in [5, 5.41) is 0. The monoisotopic (exact) mass is 251 g/mol. The van der Waals surface area contributed by atoms with E-state index in [2.05, 4.69) is 39.8 Å². The molecule has 1 unspecified atom stereocenters. The highest BCUT2D eigenvalue weighted by atomic mass is 32.1. The highest BCUT2D eigenvalue weighted by molar-refractivity contribution is 7.12. The van der Waals surface area contributed by atoms with Crippen LogP contribution in [0.3, 0.4) is 0 Å². The Labute approximate surface area is 109 Å². The van der Waals surface area contributed by atoms with Crippen molar-refractivity contribution in [3.8, 4) is 0 Å². The predicted octanol–water partition coefficient (Wildman–Crippen LogP) is 4.63. The van der Waals surface area contributed by atoms with Gasteiger partial charge in [-0.15, -0.1) is 11.3 Å². The van der Waals surface area contributed by atoms with Crippen molar-refractivity contribution in [1.82, 2.24) is 0 Å². The maximum Gasteiger partial charge on any atom is 0.0444 e. The van der Waals surface area contributed by atoms with Crippen LogP contribution in [-0.4, -0.2) is 0 Å². The number of thiophene rings is 1. The minimum Gasteiger partial charge on any atom is -0.323 e. The van der Waals surface area contributed by atoms with Crippen LogP contribution in [0.2, 0.25) is 0 Å². The molecule has 1 saturated carbocycles.